The molecule has 9 heteroatoms. The SMILES string of the molecule is CCOCCn1nc(CN2CCCCC2)c2nc(N3CCNCC3)nc(Nc3ccccc3)c21. The van der Waals surface area contributed by atoms with Gasteiger partial charge in [0.05, 0.1) is 13.2 Å². The smallest absolute Gasteiger partial charge is 0.228 e. The second-order valence-electron chi connectivity index (χ2n) is 9.00. The number of ether oxygens (including phenoxy) is 1. The number of benzene rings is 1. The number of rotatable bonds is 9. The quantitative estimate of drug-likeness (QED) is 0.468. The summed E-state index contributed by atoms with van der Waals surface area (Å²) in [5.41, 5.74) is 3.94. The van der Waals surface area contributed by atoms with Gasteiger partial charge in [-0.1, -0.05) is 24.6 Å². The van der Waals surface area contributed by atoms with Gasteiger partial charge in [-0.15, -0.1) is 0 Å². The van der Waals surface area contributed by atoms with E-state index < -0.39 is 0 Å². The van der Waals surface area contributed by atoms with E-state index in [-0.39, 0.29) is 0 Å². The van der Waals surface area contributed by atoms with Crippen molar-refractivity contribution in [1.82, 2.24) is 30.0 Å². The second kappa shape index (κ2) is 11.1. The molecule has 0 aliphatic carbocycles. The van der Waals surface area contributed by atoms with Crippen LogP contribution in [0, 0.1) is 0 Å². The summed E-state index contributed by atoms with van der Waals surface area (Å²) in [5, 5.41) is 12.1. The Hall–Kier alpha value is -2.75. The molecule has 0 radical (unpaired) electrons. The molecule has 0 spiro atoms. The maximum absolute atomic E-state index is 5.67. The summed E-state index contributed by atoms with van der Waals surface area (Å²) in [7, 11) is 0. The molecular weight excluding hydrogens is 428 g/mol. The van der Waals surface area contributed by atoms with Gasteiger partial charge in [0.2, 0.25) is 5.95 Å². The monoisotopic (exact) mass is 464 g/mol. The van der Waals surface area contributed by atoms with E-state index in [1.165, 1.54) is 19.3 Å². The van der Waals surface area contributed by atoms with Crippen molar-refractivity contribution >= 4 is 28.5 Å². The number of anilines is 3. The summed E-state index contributed by atoms with van der Waals surface area (Å²) in [6.45, 7) is 10.7. The molecule has 0 atom stereocenters. The predicted octanol–water partition coefficient (Wildman–Crippen LogP) is 3.00. The highest BCUT2D eigenvalue weighted by molar-refractivity contribution is 5.90. The third kappa shape index (κ3) is 5.32. The Morgan fingerprint density at radius 2 is 1.79 bits per heavy atom. The molecule has 4 heterocycles. The van der Waals surface area contributed by atoms with Crippen LogP contribution < -0.4 is 15.5 Å². The van der Waals surface area contributed by atoms with Crippen molar-refractivity contribution in [3.05, 3.63) is 36.0 Å². The molecule has 2 aliphatic rings. The predicted molar refractivity (Wildman–Crippen MR) is 136 cm³/mol. The van der Waals surface area contributed by atoms with E-state index in [1.54, 1.807) is 0 Å². The number of hydrogen-bond donors (Lipinski definition) is 2. The van der Waals surface area contributed by atoms with Crippen LogP contribution in [-0.4, -0.2) is 77.1 Å². The van der Waals surface area contributed by atoms with Gasteiger partial charge in [-0.05, 0) is 45.0 Å². The number of para-hydroxylation sites is 1. The third-order valence-electron chi connectivity index (χ3n) is 6.56. The highest BCUT2D eigenvalue weighted by atomic mass is 16.5. The van der Waals surface area contributed by atoms with E-state index in [1.807, 2.05) is 29.8 Å². The summed E-state index contributed by atoms with van der Waals surface area (Å²) >= 11 is 0. The molecule has 3 aromatic rings. The second-order valence-corrected chi connectivity index (χ2v) is 9.00. The molecule has 34 heavy (non-hydrogen) atoms. The van der Waals surface area contributed by atoms with Gasteiger partial charge in [0.15, 0.2) is 5.82 Å². The van der Waals surface area contributed by atoms with Gasteiger partial charge in [0.25, 0.3) is 0 Å². The molecule has 182 valence electrons. The van der Waals surface area contributed by atoms with Crippen molar-refractivity contribution in [1.29, 1.82) is 0 Å². The molecular formula is C25H36N8O. The molecule has 1 aromatic carbocycles. The van der Waals surface area contributed by atoms with Crippen LogP contribution in [0.2, 0.25) is 0 Å². The van der Waals surface area contributed by atoms with Crippen LogP contribution in [0.1, 0.15) is 31.9 Å². The van der Waals surface area contributed by atoms with E-state index in [4.69, 9.17) is 19.8 Å². The molecule has 5 rings (SSSR count). The number of likely N-dealkylation sites (tertiary alicyclic amines) is 1. The Bertz CT molecular complexity index is 1060. The van der Waals surface area contributed by atoms with Gasteiger partial charge in [-0.3, -0.25) is 9.58 Å². The Labute approximate surface area is 201 Å². The maximum Gasteiger partial charge on any atom is 0.228 e. The van der Waals surface area contributed by atoms with Crippen molar-refractivity contribution in [2.24, 2.45) is 0 Å². The lowest BCUT2D eigenvalue weighted by Gasteiger charge is -2.28. The Morgan fingerprint density at radius 3 is 2.56 bits per heavy atom. The maximum atomic E-state index is 5.67. The zero-order valence-electron chi connectivity index (χ0n) is 20.2. The van der Waals surface area contributed by atoms with E-state index >= 15 is 0 Å². The summed E-state index contributed by atoms with van der Waals surface area (Å²) < 4.78 is 7.71. The molecule has 2 N–H and O–H groups in total. The first kappa shape index (κ1) is 23.0. The fourth-order valence-electron chi connectivity index (χ4n) is 4.78. The lowest BCUT2D eigenvalue weighted by molar-refractivity contribution is 0.137. The van der Waals surface area contributed by atoms with Crippen molar-refractivity contribution in [3.8, 4) is 0 Å². The standard InChI is InChI=1S/C25H36N8O/c1-2-34-18-17-33-23-22(21(30-33)19-31-13-7-4-8-14-31)28-25(32-15-11-26-12-16-32)29-24(23)27-20-9-5-3-6-10-20/h3,5-6,9-10,26H,2,4,7-8,11-19H2,1H3,(H,27,28,29). The summed E-state index contributed by atoms with van der Waals surface area (Å²) in [5.74, 6) is 1.58. The minimum absolute atomic E-state index is 0.612. The number of nitrogens with one attached hydrogen (secondary N) is 2. The minimum atomic E-state index is 0.612. The van der Waals surface area contributed by atoms with Gasteiger partial charge in [-0.25, -0.2) is 4.98 Å². The van der Waals surface area contributed by atoms with Gasteiger partial charge < -0.3 is 20.3 Å². The van der Waals surface area contributed by atoms with Crippen LogP contribution in [0.3, 0.4) is 0 Å². The van der Waals surface area contributed by atoms with Crippen LogP contribution in [0.15, 0.2) is 30.3 Å². The van der Waals surface area contributed by atoms with Crippen LogP contribution in [0.4, 0.5) is 17.5 Å². The lowest BCUT2D eigenvalue weighted by Crippen LogP contribution is -2.44. The minimum Gasteiger partial charge on any atom is -0.380 e. The van der Waals surface area contributed by atoms with E-state index in [0.717, 1.165) is 80.0 Å². The zero-order chi connectivity index (χ0) is 23.2. The Morgan fingerprint density at radius 1 is 1.00 bits per heavy atom. The summed E-state index contributed by atoms with van der Waals surface area (Å²) in [6.07, 6.45) is 3.83. The number of piperidine rings is 1. The molecule has 0 saturated carbocycles. The van der Waals surface area contributed by atoms with Crippen molar-refractivity contribution in [2.75, 3.05) is 62.7 Å². The number of hydrogen-bond acceptors (Lipinski definition) is 8. The fourth-order valence-corrected chi connectivity index (χ4v) is 4.78. The topological polar surface area (TPSA) is 83.4 Å². The molecule has 2 aliphatic heterocycles. The van der Waals surface area contributed by atoms with Crippen LogP contribution >= 0.6 is 0 Å². The summed E-state index contributed by atoms with van der Waals surface area (Å²) in [4.78, 5) is 14.9. The first-order valence-corrected chi connectivity index (χ1v) is 12.7. The number of aromatic nitrogens is 4. The average molecular weight is 465 g/mol. The molecule has 0 amide bonds. The van der Waals surface area contributed by atoms with Crippen molar-refractivity contribution < 1.29 is 4.74 Å². The largest absolute Gasteiger partial charge is 0.380 e. The molecule has 0 bridgehead atoms. The number of fused-ring (bicyclic) bond motifs is 1. The summed E-state index contributed by atoms with van der Waals surface area (Å²) in [6, 6.07) is 10.2. The third-order valence-corrected chi connectivity index (χ3v) is 6.56. The van der Waals surface area contributed by atoms with E-state index in [9.17, 15) is 0 Å². The molecule has 2 aromatic heterocycles. The fraction of sp³-hybridized carbons (Fsp3) is 0.560. The van der Waals surface area contributed by atoms with Gasteiger partial charge in [-0.2, -0.15) is 10.1 Å². The Balaban J connectivity index is 1.58. The average Bonchev–Trinajstić information content (AvgIpc) is 3.23. The van der Waals surface area contributed by atoms with Gasteiger partial charge in [0, 0.05) is 45.0 Å². The van der Waals surface area contributed by atoms with Gasteiger partial charge >= 0.3 is 0 Å². The normalized spacial score (nSPS) is 17.4. The van der Waals surface area contributed by atoms with Crippen molar-refractivity contribution in [3.63, 3.8) is 0 Å². The van der Waals surface area contributed by atoms with Crippen LogP contribution in [0.25, 0.3) is 11.0 Å². The molecule has 2 saturated heterocycles. The highest BCUT2D eigenvalue weighted by Crippen LogP contribution is 2.30. The Kier molecular flexibility index (Phi) is 7.52. The molecule has 9 nitrogen and oxygen atoms in total. The number of nitrogens with zero attached hydrogens (tertiary/aromatic N) is 6. The lowest BCUT2D eigenvalue weighted by atomic mass is 10.1. The van der Waals surface area contributed by atoms with Gasteiger partial charge in [0.1, 0.15) is 16.7 Å². The molecule has 0 unspecified atom stereocenters. The zero-order valence-corrected chi connectivity index (χ0v) is 20.2. The van der Waals surface area contributed by atoms with Crippen LogP contribution in [-0.2, 0) is 17.8 Å². The first-order valence-electron chi connectivity index (χ1n) is 12.7. The van der Waals surface area contributed by atoms with E-state index in [2.05, 4.69) is 32.6 Å². The van der Waals surface area contributed by atoms with E-state index in [0.29, 0.717) is 19.8 Å². The molecule has 2 fully saturated rings. The van der Waals surface area contributed by atoms with Crippen LogP contribution in [0.5, 0.6) is 0 Å². The number of piperazine rings is 1. The first-order chi connectivity index (χ1) is 16.8. The van der Waals surface area contributed by atoms with Crippen molar-refractivity contribution in [2.45, 2.75) is 39.3 Å². The highest BCUT2D eigenvalue weighted by Gasteiger charge is 2.24.